The average Bonchev–Trinajstić information content (AvgIpc) is 3.22. The number of thioether (sulfide) groups is 1. The number of ether oxygens (including phenoxy) is 1. The van der Waals surface area contributed by atoms with Crippen molar-refractivity contribution in [2.75, 3.05) is 24.2 Å². The van der Waals surface area contributed by atoms with Crippen molar-refractivity contribution in [3.05, 3.63) is 54.6 Å². The third-order valence-corrected chi connectivity index (χ3v) is 6.48. The van der Waals surface area contributed by atoms with Gasteiger partial charge in [0, 0.05) is 18.8 Å². The maximum atomic E-state index is 12.3. The van der Waals surface area contributed by atoms with Crippen molar-refractivity contribution >= 4 is 39.8 Å². The second-order valence-corrected chi connectivity index (χ2v) is 8.87. The third kappa shape index (κ3) is 5.71. The van der Waals surface area contributed by atoms with E-state index in [1.165, 1.54) is 29.5 Å². The van der Waals surface area contributed by atoms with Crippen molar-refractivity contribution in [3.8, 4) is 11.5 Å². The van der Waals surface area contributed by atoms with Crippen LogP contribution in [0.4, 0.5) is 10.8 Å². The molecule has 150 valence electrons. The fourth-order valence-electron chi connectivity index (χ4n) is 3.03. The first-order chi connectivity index (χ1) is 14.3. The number of anilines is 2. The van der Waals surface area contributed by atoms with E-state index in [0.29, 0.717) is 10.9 Å². The molecule has 0 unspecified atom stereocenters. The number of carbonyl (C=O) groups is 1. The van der Waals surface area contributed by atoms with E-state index in [1.54, 1.807) is 0 Å². The van der Waals surface area contributed by atoms with Gasteiger partial charge in [-0.25, -0.2) is 0 Å². The topological polar surface area (TPSA) is 67.3 Å². The van der Waals surface area contributed by atoms with Gasteiger partial charge < -0.3 is 15.0 Å². The zero-order chi connectivity index (χ0) is 19.9. The van der Waals surface area contributed by atoms with Crippen LogP contribution in [0.1, 0.15) is 19.3 Å². The predicted molar refractivity (Wildman–Crippen MR) is 117 cm³/mol. The molecule has 1 saturated heterocycles. The Bertz CT molecular complexity index is 925. The average molecular weight is 427 g/mol. The van der Waals surface area contributed by atoms with E-state index in [2.05, 4.69) is 15.5 Å². The van der Waals surface area contributed by atoms with Gasteiger partial charge in [-0.1, -0.05) is 41.3 Å². The maximum absolute atomic E-state index is 12.3. The summed E-state index contributed by atoms with van der Waals surface area (Å²) in [6, 6.07) is 17.4. The normalized spacial score (nSPS) is 13.9. The molecule has 1 aromatic heterocycles. The number of nitrogens with one attached hydrogen (secondary N) is 1. The van der Waals surface area contributed by atoms with Crippen LogP contribution in [0.3, 0.4) is 0 Å². The third-order valence-electron chi connectivity index (χ3n) is 4.52. The van der Waals surface area contributed by atoms with Crippen LogP contribution in [0, 0.1) is 0 Å². The van der Waals surface area contributed by atoms with E-state index in [9.17, 15) is 4.79 Å². The van der Waals surface area contributed by atoms with Crippen LogP contribution in [-0.4, -0.2) is 39.8 Å². The van der Waals surface area contributed by atoms with Crippen molar-refractivity contribution in [3.63, 3.8) is 0 Å². The monoisotopic (exact) mass is 426 g/mol. The number of amides is 1. The Morgan fingerprint density at radius 2 is 1.72 bits per heavy atom. The van der Waals surface area contributed by atoms with Gasteiger partial charge in [0.25, 0.3) is 0 Å². The number of carbonyl (C=O) groups excluding carboxylic acids is 1. The number of para-hydroxylation sites is 1. The number of hydrogen-bond donors (Lipinski definition) is 1. The fourth-order valence-corrected chi connectivity index (χ4v) is 4.71. The molecule has 29 heavy (non-hydrogen) atoms. The molecule has 6 nitrogen and oxygen atoms in total. The molecule has 0 bridgehead atoms. The molecule has 4 rings (SSSR count). The lowest BCUT2D eigenvalue weighted by atomic mass is 10.1. The van der Waals surface area contributed by atoms with E-state index >= 15 is 0 Å². The van der Waals surface area contributed by atoms with Gasteiger partial charge in [-0.2, -0.15) is 0 Å². The summed E-state index contributed by atoms with van der Waals surface area (Å²) < 4.78 is 6.59. The highest BCUT2D eigenvalue weighted by molar-refractivity contribution is 8.01. The molecule has 1 aliphatic rings. The molecule has 1 amide bonds. The van der Waals surface area contributed by atoms with E-state index in [0.717, 1.165) is 47.5 Å². The Morgan fingerprint density at radius 1 is 1.00 bits per heavy atom. The molecule has 0 aliphatic carbocycles. The highest BCUT2D eigenvalue weighted by atomic mass is 32.2. The van der Waals surface area contributed by atoms with Crippen molar-refractivity contribution < 1.29 is 9.53 Å². The quantitative estimate of drug-likeness (QED) is 0.525. The Morgan fingerprint density at radius 3 is 2.48 bits per heavy atom. The lowest BCUT2D eigenvalue weighted by Crippen LogP contribution is -2.36. The summed E-state index contributed by atoms with van der Waals surface area (Å²) in [5, 5.41) is 12.3. The number of rotatable bonds is 7. The zero-order valence-corrected chi connectivity index (χ0v) is 17.5. The molecule has 2 aromatic carbocycles. The number of likely N-dealkylation sites (tertiary alicyclic amines) is 1. The number of nitrogens with zero attached hydrogens (tertiary/aromatic N) is 3. The Balaban J connectivity index is 1.28. The standard InChI is InChI=1S/C21H22N4O2S2/c26-19(25-13-5-2-6-14-25)15-28-21-24-23-20(29-21)22-16-9-11-18(12-10-16)27-17-7-3-1-4-8-17/h1,3-4,7-12H,2,5-6,13-15H2,(H,22,23). The molecule has 3 aromatic rings. The minimum atomic E-state index is 0.188. The first-order valence-corrected chi connectivity index (χ1v) is 11.4. The van der Waals surface area contributed by atoms with Gasteiger partial charge in [-0.05, 0) is 55.7 Å². The number of benzene rings is 2. The number of aromatic nitrogens is 2. The largest absolute Gasteiger partial charge is 0.457 e. The van der Waals surface area contributed by atoms with Gasteiger partial charge in [0.1, 0.15) is 11.5 Å². The van der Waals surface area contributed by atoms with Gasteiger partial charge in [0.05, 0.1) is 5.75 Å². The summed E-state index contributed by atoms with van der Waals surface area (Å²) >= 11 is 2.90. The molecular formula is C21H22N4O2S2. The summed E-state index contributed by atoms with van der Waals surface area (Å²) in [6.07, 6.45) is 3.44. The molecule has 1 fully saturated rings. The van der Waals surface area contributed by atoms with Crippen LogP contribution >= 0.6 is 23.1 Å². The molecule has 0 saturated carbocycles. The van der Waals surface area contributed by atoms with Gasteiger partial charge in [-0.15, -0.1) is 10.2 Å². The fraction of sp³-hybridized carbons (Fsp3) is 0.286. The second-order valence-electron chi connectivity index (χ2n) is 6.67. The summed E-state index contributed by atoms with van der Waals surface area (Å²) in [5.74, 6) is 2.18. The summed E-state index contributed by atoms with van der Waals surface area (Å²) in [5.41, 5.74) is 0.905. The van der Waals surface area contributed by atoms with Gasteiger partial charge in [0.15, 0.2) is 4.34 Å². The van der Waals surface area contributed by atoms with Gasteiger partial charge in [0.2, 0.25) is 11.0 Å². The number of piperidine rings is 1. The molecule has 8 heteroatoms. The Kier molecular flexibility index (Phi) is 6.63. The second kappa shape index (κ2) is 9.76. The smallest absolute Gasteiger partial charge is 0.233 e. The molecule has 1 N–H and O–H groups in total. The minimum Gasteiger partial charge on any atom is -0.457 e. The van der Waals surface area contributed by atoms with Crippen molar-refractivity contribution in [2.24, 2.45) is 0 Å². The van der Waals surface area contributed by atoms with Gasteiger partial charge in [-0.3, -0.25) is 4.79 Å². The number of hydrogen-bond acceptors (Lipinski definition) is 7. The first kappa shape index (κ1) is 19.7. The van der Waals surface area contributed by atoms with Crippen LogP contribution in [0.25, 0.3) is 0 Å². The van der Waals surface area contributed by atoms with E-state index in [1.807, 2.05) is 59.5 Å². The Labute approximate surface area is 178 Å². The van der Waals surface area contributed by atoms with Crippen molar-refractivity contribution in [1.82, 2.24) is 15.1 Å². The molecule has 0 atom stereocenters. The van der Waals surface area contributed by atoms with Crippen molar-refractivity contribution in [2.45, 2.75) is 23.6 Å². The first-order valence-electron chi connectivity index (χ1n) is 9.60. The van der Waals surface area contributed by atoms with E-state index in [-0.39, 0.29) is 5.91 Å². The lowest BCUT2D eigenvalue weighted by Gasteiger charge is -2.26. The van der Waals surface area contributed by atoms with Crippen LogP contribution in [0.5, 0.6) is 11.5 Å². The molecule has 0 radical (unpaired) electrons. The van der Waals surface area contributed by atoms with E-state index < -0.39 is 0 Å². The Hall–Kier alpha value is -2.58. The van der Waals surface area contributed by atoms with Crippen LogP contribution in [0.15, 0.2) is 58.9 Å². The van der Waals surface area contributed by atoms with E-state index in [4.69, 9.17) is 4.74 Å². The molecule has 2 heterocycles. The molecular weight excluding hydrogens is 404 g/mol. The molecule has 1 aliphatic heterocycles. The maximum Gasteiger partial charge on any atom is 0.233 e. The summed E-state index contributed by atoms with van der Waals surface area (Å²) in [6.45, 7) is 1.76. The summed E-state index contributed by atoms with van der Waals surface area (Å²) in [7, 11) is 0. The predicted octanol–water partition coefficient (Wildman–Crippen LogP) is 5.18. The summed E-state index contributed by atoms with van der Waals surface area (Å²) in [4.78, 5) is 14.2. The molecule has 0 spiro atoms. The van der Waals surface area contributed by atoms with Crippen molar-refractivity contribution in [1.29, 1.82) is 0 Å². The van der Waals surface area contributed by atoms with Crippen LogP contribution < -0.4 is 10.1 Å². The zero-order valence-electron chi connectivity index (χ0n) is 15.9. The lowest BCUT2D eigenvalue weighted by molar-refractivity contribution is -0.129. The van der Waals surface area contributed by atoms with Gasteiger partial charge >= 0.3 is 0 Å². The highest BCUT2D eigenvalue weighted by Crippen LogP contribution is 2.29. The highest BCUT2D eigenvalue weighted by Gasteiger charge is 2.17. The minimum absolute atomic E-state index is 0.188. The van der Waals surface area contributed by atoms with Crippen LogP contribution in [-0.2, 0) is 4.79 Å². The van der Waals surface area contributed by atoms with Crippen LogP contribution in [0.2, 0.25) is 0 Å². The SMILES string of the molecule is O=C(CSc1nnc(Nc2ccc(Oc3ccccc3)cc2)s1)N1CCCCC1.